The number of rotatable bonds is 3. The number of thiocarbonyl (C=S) groups is 1. The zero-order valence-corrected chi connectivity index (χ0v) is 15.3. The van der Waals surface area contributed by atoms with E-state index in [-0.39, 0.29) is 14.8 Å². The number of halogens is 4. The maximum atomic E-state index is 14.3. The third-order valence-corrected chi connectivity index (χ3v) is 4.69. The normalized spacial score (nSPS) is 15.5. The Morgan fingerprint density at radius 3 is 2.46 bits per heavy atom. The molecule has 3 rings (SSSR count). The molecule has 0 aliphatic carbocycles. The Kier molecular flexibility index (Phi) is 5.40. The van der Waals surface area contributed by atoms with Gasteiger partial charge in [-0.1, -0.05) is 30.0 Å². The SMILES string of the molecule is N#Cc1ccc(Oc2ccc(C=C3SC(=S)NC3=O)cc2F)c(C(F)(F)F)c1. The molecule has 0 saturated carbocycles. The molecule has 1 amide bonds. The molecule has 2 aromatic rings. The lowest BCUT2D eigenvalue weighted by molar-refractivity contribution is -0.138. The standard InChI is InChI=1S/C18H8F4N2O2S2/c19-12-6-9(7-15-16(25)24-17(27)28-15)1-4-14(12)26-13-3-2-10(8-23)5-11(13)18(20,21)22/h1-7H,(H,24,25,27). The van der Waals surface area contributed by atoms with E-state index in [1.165, 1.54) is 12.1 Å². The number of nitrogens with one attached hydrogen (secondary N) is 1. The first-order chi connectivity index (χ1) is 13.2. The number of hydrogen-bond acceptors (Lipinski definition) is 5. The molecule has 0 radical (unpaired) electrons. The number of hydrogen-bond donors (Lipinski definition) is 1. The van der Waals surface area contributed by atoms with Gasteiger partial charge in [0.15, 0.2) is 11.6 Å². The summed E-state index contributed by atoms with van der Waals surface area (Å²) < 4.78 is 59.3. The van der Waals surface area contributed by atoms with Gasteiger partial charge in [0.25, 0.3) is 5.91 Å². The molecule has 1 N–H and O–H groups in total. The Bertz CT molecular complexity index is 1060. The fraction of sp³-hybridized carbons (Fsp3) is 0.0556. The van der Waals surface area contributed by atoms with Crippen LogP contribution < -0.4 is 10.1 Å². The van der Waals surface area contributed by atoms with Crippen LogP contribution in [0, 0.1) is 17.1 Å². The predicted octanol–water partition coefficient (Wildman–Crippen LogP) is 5.00. The highest BCUT2D eigenvalue weighted by Gasteiger charge is 2.35. The minimum atomic E-state index is -4.78. The highest BCUT2D eigenvalue weighted by molar-refractivity contribution is 8.26. The summed E-state index contributed by atoms with van der Waals surface area (Å²) in [6.07, 6.45) is -3.39. The van der Waals surface area contributed by atoms with Crippen molar-refractivity contribution in [3.05, 3.63) is 63.8 Å². The number of amides is 1. The van der Waals surface area contributed by atoms with Gasteiger partial charge in [-0.25, -0.2) is 4.39 Å². The number of carbonyl (C=O) groups is 1. The number of nitrogens with zero attached hydrogens (tertiary/aromatic N) is 1. The summed E-state index contributed by atoms with van der Waals surface area (Å²) in [6, 6.07) is 7.89. The Labute approximate surface area is 165 Å². The van der Waals surface area contributed by atoms with Gasteiger partial charge < -0.3 is 10.1 Å². The third kappa shape index (κ3) is 4.32. The predicted molar refractivity (Wildman–Crippen MR) is 98.9 cm³/mol. The second-order valence-electron chi connectivity index (χ2n) is 5.46. The van der Waals surface area contributed by atoms with Crippen LogP contribution in [-0.2, 0) is 11.0 Å². The summed E-state index contributed by atoms with van der Waals surface area (Å²) in [7, 11) is 0. The van der Waals surface area contributed by atoms with Crippen LogP contribution in [0.3, 0.4) is 0 Å². The fourth-order valence-corrected chi connectivity index (χ4v) is 3.33. The van der Waals surface area contributed by atoms with Gasteiger partial charge in [0, 0.05) is 0 Å². The molecule has 142 valence electrons. The maximum absolute atomic E-state index is 14.3. The van der Waals surface area contributed by atoms with Crippen LogP contribution in [0.1, 0.15) is 16.7 Å². The fourth-order valence-electron chi connectivity index (χ4n) is 2.29. The van der Waals surface area contributed by atoms with Gasteiger partial charge in [-0.3, -0.25) is 4.79 Å². The van der Waals surface area contributed by atoms with Crippen molar-refractivity contribution in [1.29, 1.82) is 5.26 Å². The molecule has 28 heavy (non-hydrogen) atoms. The molecule has 0 spiro atoms. The van der Waals surface area contributed by atoms with E-state index in [1.807, 2.05) is 0 Å². The van der Waals surface area contributed by atoms with Gasteiger partial charge in [-0.15, -0.1) is 0 Å². The van der Waals surface area contributed by atoms with Gasteiger partial charge in [0.05, 0.1) is 22.1 Å². The van der Waals surface area contributed by atoms with Crippen LogP contribution in [0.2, 0.25) is 0 Å². The molecule has 0 aromatic heterocycles. The second kappa shape index (κ2) is 7.61. The molecular weight excluding hydrogens is 416 g/mol. The number of carbonyl (C=O) groups excluding carboxylic acids is 1. The lowest BCUT2D eigenvalue weighted by atomic mass is 10.1. The number of benzene rings is 2. The third-order valence-electron chi connectivity index (χ3n) is 3.53. The smallest absolute Gasteiger partial charge is 0.420 e. The summed E-state index contributed by atoms with van der Waals surface area (Å²) in [6.45, 7) is 0. The number of thioether (sulfide) groups is 1. The maximum Gasteiger partial charge on any atom is 0.420 e. The minimum absolute atomic E-state index is 0.202. The summed E-state index contributed by atoms with van der Waals surface area (Å²) in [5, 5.41) is 11.2. The molecule has 0 unspecified atom stereocenters. The van der Waals surface area contributed by atoms with Gasteiger partial charge in [0.1, 0.15) is 10.1 Å². The molecule has 4 nitrogen and oxygen atoms in total. The Morgan fingerprint density at radius 1 is 1.18 bits per heavy atom. The van der Waals surface area contributed by atoms with E-state index in [0.29, 0.717) is 11.6 Å². The van der Waals surface area contributed by atoms with Gasteiger partial charge in [-0.2, -0.15) is 18.4 Å². The first kappa shape index (κ1) is 19.9. The highest BCUT2D eigenvalue weighted by atomic mass is 32.2. The van der Waals surface area contributed by atoms with E-state index in [0.717, 1.165) is 36.0 Å². The van der Waals surface area contributed by atoms with E-state index in [1.54, 1.807) is 6.07 Å². The molecular formula is C18H8F4N2O2S2. The summed E-state index contributed by atoms with van der Waals surface area (Å²) in [5.41, 5.74) is -1.08. The molecule has 1 aliphatic rings. The van der Waals surface area contributed by atoms with Crippen molar-refractivity contribution >= 4 is 40.3 Å². The molecule has 0 bridgehead atoms. The molecule has 10 heteroatoms. The minimum Gasteiger partial charge on any atom is -0.454 e. The van der Waals surface area contributed by atoms with Crippen LogP contribution in [0.25, 0.3) is 6.08 Å². The van der Waals surface area contributed by atoms with Gasteiger partial charge >= 0.3 is 6.18 Å². The van der Waals surface area contributed by atoms with Crippen molar-refractivity contribution < 1.29 is 27.1 Å². The summed E-state index contributed by atoms with van der Waals surface area (Å²) in [4.78, 5) is 11.9. The van der Waals surface area contributed by atoms with Crippen molar-refractivity contribution in [3.63, 3.8) is 0 Å². The Balaban J connectivity index is 1.91. The first-order valence-corrected chi connectivity index (χ1v) is 8.73. The summed E-state index contributed by atoms with van der Waals surface area (Å²) >= 11 is 5.87. The van der Waals surface area contributed by atoms with E-state index < -0.39 is 35.0 Å². The molecule has 1 heterocycles. The van der Waals surface area contributed by atoms with E-state index >= 15 is 0 Å². The van der Waals surface area contributed by atoms with Crippen molar-refractivity contribution in [2.75, 3.05) is 0 Å². The van der Waals surface area contributed by atoms with Crippen LogP contribution >= 0.6 is 24.0 Å². The molecule has 1 fully saturated rings. The zero-order valence-electron chi connectivity index (χ0n) is 13.6. The Hall–Kier alpha value is -2.90. The quantitative estimate of drug-likeness (QED) is 0.427. The Morgan fingerprint density at radius 2 is 1.89 bits per heavy atom. The molecule has 2 aromatic carbocycles. The van der Waals surface area contributed by atoms with Crippen LogP contribution in [-0.4, -0.2) is 10.2 Å². The number of nitriles is 1. The van der Waals surface area contributed by atoms with E-state index in [9.17, 15) is 22.4 Å². The topological polar surface area (TPSA) is 62.1 Å². The molecule has 1 saturated heterocycles. The van der Waals surface area contributed by atoms with Crippen molar-refractivity contribution in [3.8, 4) is 17.6 Å². The average Bonchev–Trinajstić information content (AvgIpc) is 2.93. The number of ether oxygens (including phenoxy) is 1. The largest absolute Gasteiger partial charge is 0.454 e. The lowest BCUT2D eigenvalue weighted by Crippen LogP contribution is -2.17. The monoisotopic (exact) mass is 424 g/mol. The second-order valence-corrected chi connectivity index (χ2v) is 7.18. The van der Waals surface area contributed by atoms with Crippen LogP contribution in [0.4, 0.5) is 17.6 Å². The van der Waals surface area contributed by atoms with Crippen LogP contribution in [0.5, 0.6) is 11.5 Å². The first-order valence-electron chi connectivity index (χ1n) is 7.51. The van der Waals surface area contributed by atoms with Crippen molar-refractivity contribution in [2.45, 2.75) is 6.18 Å². The van der Waals surface area contributed by atoms with Crippen LogP contribution in [0.15, 0.2) is 41.3 Å². The highest BCUT2D eigenvalue weighted by Crippen LogP contribution is 2.39. The van der Waals surface area contributed by atoms with Crippen molar-refractivity contribution in [1.82, 2.24) is 5.32 Å². The van der Waals surface area contributed by atoms with Gasteiger partial charge in [-0.05, 0) is 42.0 Å². The summed E-state index contributed by atoms with van der Waals surface area (Å²) in [5.74, 6) is -2.40. The van der Waals surface area contributed by atoms with E-state index in [2.05, 4.69) is 5.32 Å². The van der Waals surface area contributed by atoms with Gasteiger partial charge in [0.2, 0.25) is 0 Å². The molecule has 1 aliphatic heterocycles. The zero-order chi connectivity index (χ0) is 20.5. The van der Waals surface area contributed by atoms with E-state index in [4.69, 9.17) is 22.2 Å². The van der Waals surface area contributed by atoms with Crippen molar-refractivity contribution in [2.24, 2.45) is 0 Å². The lowest BCUT2D eigenvalue weighted by Gasteiger charge is -2.14. The molecule has 0 atom stereocenters. The number of alkyl halides is 3. The average molecular weight is 424 g/mol.